The molecule has 0 unspecified atom stereocenters. The highest BCUT2D eigenvalue weighted by molar-refractivity contribution is 5.28. The van der Waals surface area contributed by atoms with E-state index >= 15 is 0 Å². The molecule has 3 heteroatoms. The highest BCUT2D eigenvalue weighted by atomic mass is 16.5. The van der Waals surface area contributed by atoms with Crippen LogP contribution in [-0.4, -0.2) is 31.6 Å². The molecule has 0 amide bonds. The van der Waals surface area contributed by atoms with Crippen molar-refractivity contribution in [2.45, 2.75) is 26.8 Å². The summed E-state index contributed by atoms with van der Waals surface area (Å²) in [5.74, 6) is 1.64. The maximum Gasteiger partial charge on any atom is 0.119 e. The fourth-order valence-corrected chi connectivity index (χ4v) is 2.00. The summed E-state index contributed by atoms with van der Waals surface area (Å²) in [5, 5.41) is 0. The van der Waals surface area contributed by atoms with Gasteiger partial charge >= 0.3 is 0 Å². The predicted octanol–water partition coefficient (Wildman–Crippen LogP) is 2.50. The molecule has 2 N–H and O–H groups in total. The molecule has 0 bridgehead atoms. The highest BCUT2D eigenvalue weighted by Gasteiger charge is 2.01. The van der Waals surface area contributed by atoms with Gasteiger partial charge in [0, 0.05) is 19.6 Å². The molecule has 0 aliphatic heterocycles. The van der Waals surface area contributed by atoms with Crippen molar-refractivity contribution >= 4 is 0 Å². The third-order valence-corrected chi connectivity index (χ3v) is 2.76. The van der Waals surface area contributed by atoms with Crippen molar-refractivity contribution in [3.63, 3.8) is 0 Å². The molecule has 0 aliphatic carbocycles. The number of hydrogen-bond acceptors (Lipinski definition) is 3. The van der Waals surface area contributed by atoms with Crippen LogP contribution in [0, 0.1) is 5.92 Å². The zero-order valence-corrected chi connectivity index (χ0v) is 11.9. The summed E-state index contributed by atoms with van der Waals surface area (Å²) in [7, 11) is 2.16. The number of nitrogens with two attached hydrogens (primary N) is 1. The Balaban J connectivity index is 2.21. The first kappa shape index (κ1) is 15.0. The molecule has 0 saturated heterocycles. The van der Waals surface area contributed by atoms with Gasteiger partial charge in [0.25, 0.3) is 0 Å². The zero-order chi connectivity index (χ0) is 13.4. The molecule has 1 aromatic rings. The molecule has 0 spiro atoms. The lowest BCUT2D eigenvalue weighted by atomic mass is 10.2. The van der Waals surface area contributed by atoms with Crippen LogP contribution >= 0.6 is 0 Å². The van der Waals surface area contributed by atoms with Gasteiger partial charge in [0.2, 0.25) is 0 Å². The van der Waals surface area contributed by atoms with Crippen LogP contribution in [-0.2, 0) is 6.54 Å². The van der Waals surface area contributed by atoms with Gasteiger partial charge in [-0.3, -0.25) is 0 Å². The van der Waals surface area contributed by atoms with E-state index in [-0.39, 0.29) is 0 Å². The van der Waals surface area contributed by atoms with E-state index in [9.17, 15) is 0 Å². The monoisotopic (exact) mass is 250 g/mol. The number of rotatable bonds is 8. The molecule has 1 aromatic carbocycles. The van der Waals surface area contributed by atoms with E-state index in [0.29, 0.717) is 6.54 Å². The minimum absolute atomic E-state index is 0.564. The third kappa shape index (κ3) is 6.03. The van der Waals surface area contributed by atoms with Crippen molar-refractivity contribution in [1.82, 2.24) is 4.90 Å². The Bertz CT molecular complexity index is 339. The summed E-state index contributed by atoms with van der Waals surface area (Å²) < 4.78 is 5.72. The van der Waals surface area contributed by atoms with E-state index in [2.05, 4.69) is 25.8 Å². The molecule has 0 aliphatic rings. The van der Waals surface area contributed by atoms with Crippen LogP contribution in [0.1, 0.15) is 25.8 Å². The summed E-state index contributed by atoms with van der Waals surface area (Å²) in [6, 6.07) is 8.00. The van der Waals surface area contributed by atoms with Gasteiger partial charge in [0.1, 0.15) is 5.75 Å². The fourth-order valence-electron chi connectivity index (χ4n) is 2.00. The van der Waals surface area contributed by atoms with E-state index in [1.807, 2.05) is 24.3 Å². The largest absolute Gasteiger partial charge is 0.494 e. The first-order chi connectivity index (χ1) is 8.61. The van der Waals surface area contributed by atoms with Crippen LogP contribution in [0.5, 0.6) is 5.75 Å². The van der Waals surface area contributed by atoms with Crippen molar-refractivity contribution in [3.8, 4) is 5.75 Å². The second kappa shape index (κ2) is 8.11. The summed E-state index contributed by atoms with van der Waals surface area (Å²) in [5.41, 5.74) is 6.71. The molecule has 0 fully saturated rings. The molecule has 0 atom stereocenters. The Morgan fingerprint density at radius 2 is 2.11 bits per heavy atom. The first-order valence-corrected chi connectivity index (χ1v) is 6.72. The number of nitrogens with zero attached hydrogens (tertiary/aromatic N) is 1. The predicted molar refractivity (Wildman–Crippen MR) is 76.8 cm³/mol. The molecule has 0 aromatic heterocycles. The molecular weight excluding hydrogens is 224 g/mol. The highest BCUT2D eigenvalue weighted by Crippen LogP contribution is 2.13. The number of benzene rings is 1. The fraction of sp³-hybridized carbons (Fsp3) is 0.600. The van der Waals surface area contributed by atoms with Crippen LogP contribution in [0.2, 0.25) is 0 Å². The molecule has 1 rings (SSSR count). The van der Waals surface area contributed by atoms with Gasteiger partial charge in [0.15, 0.2) is 0 Å². The second-order valence-corrected chi connectivity index (χ2v) is 5.21. The zero-order valence-electron chi connectivity index (χ0n) is 11.9. The first-order valence-electron chi connectivity index (χ1n) is 6.72. The average Bonchev–Trinajstić information content (AvgIpc) is 2.34. The minimum atomic E-state index is 0.564. The molecular formula is C15H26N2O. The van der Waals surface area contributed by atoms with E-state index in [0.717, 1.165) is 43.3 Å². The summed E-state index contributed by atoms with van der Waals surface area (Å²) >= 11 is 0. The second-order valence-electron chi connectivity index (χ2n) is 5.21. The van der Waals surface area contributed by atoms with Crippen molar-refractivity contribution in [1.29, 1.82) is 0 Å². The van der Waals surface area contributed by atoms with Crippen molar-refractivity contribution in [2.24, 2.45) is 11.7 Å². The van der Waals surface area contributed by atoms with Crippen LogP contribution in [0.4, 0.5) is 0 Å². The Morgan fingerprint density at radius 1 is 1.33 bits per heavy atom. The number of hydrogen-bond donors (Lipinski definition) is 1. The van der Waals surface area contributed by atoms with Crippen LogP contribution in [0.25, 0.3) is 0 Å². The van der Waals surface area contributed by atoms with E-state index in [4.69, 9.17) is 10.5 Å². The van der Waals surface area contributed by atoms with E-state index in [1.165, 1.54) is 0 Å². The average molecular weight is 250 g/mol. The molecule has 18 heavy (non-hydrogen) atoms. The van der Waals surface area contributed by atoms with E-state index < -0.39 is 0 Å². The van der Waals surface area contributed by atoms with Gasteiger partial charge in [-0.2, -0.15) is 0 Å². The van der Waals surface area contributed by atoms with Gasteiger partial charge < -0.3 is 15.4 Å². The molecule has 0 saturated carbocycles. The molecule has 0 heterocycles. The lowest BCUT2D eigenvalue weighted by molar-refractivity contribution is 0.247. The van der Waals surface area contributed by atoms with Gasteiger partial charge in [0.05, 0.1) is 6.61 Å². The normalized spacial score (nSPS) is 11.2. The van der Waals surface area contributed by atoms with Gasteiger partial charge in [-0.15, -0.1) is 0 Å². The summed E-state index contributed by atoms with van der Waals surface area (Å²) in [6.07, 6.45) is 1.05. The van der Waals surface area contributed by atoms with Gasteiger partial charge in [-0.05, 0) is 37.1 Å². The quantitative estimate of drug-likeness (QED) is 0.720. The van der Waals surface area contributed by atoms with Crippen LogP contribution < -0.4 is 10.5 Å². The molecule has 102 valence electrons. The Morgan fingerprint density at radius 3 is 2.78 bits per heavy atom. The maximum atomic E-state index is 5.72. The number of ether oxygens (including phenoxy) is 1. The SMILES string of the molecule is CC(C)CN(C)CCCOc1cccc(CN)c1. The Labute approximate surface area is 111 Å². The summed E-state index contributed by atoms with van der Waals surface area (Å²) in [4.78, 5) is 2.35. The van der Waals surface area contributed by atoms with Crippen molar-refractivity contribution in [2.75, 3.05) is 26.7 Å². The standard InChI is InChI=1S/C15H26N2O/c1-13(2)12-17(3)8-5-9-18-15-7-4-6-14(10-15)11-16/h4,6-7,10,13H,5,8-9,11-12,16H2,1-3H3. The maximum absolute atomic E-state index is 5.72. The van der Waals surface area contributed by atoms with Gasteiger partial charge in [-0.25, -0.2) is 0 Å². The minimum Gasteiger partial charge on any atom is -0.494 e. The lowest BCUT2D eigenvalue weighted by Gasteiger charge is -2.18. The summed E-state index contributed by atoms with van der Waals surface area (Å²) in [6.45, 7) is 8.03. The van der Waals surface area contributed by atoms with Crippen molar-refractivity contribution < 1.29 is 4.74 Å². The van der Waals surface area contributed by atoms with Gasteiger partial charge in [-0.1, -0.05) is 26.0 Å². The van der Waals surface area contributed by atoms with Crippen LogP contribution in [0.15, 0.2) is 24.3 Å². The lowest BCUT2D eigenvalue weighted by Crippen LogP contribution is -2.25. The van der Waals surface area contributed by atoms with Crippen molar-refractivity contribution in [3.05, 3.63) is 29.8 Å². The van der Waals surface area contributed by atoms with Crippen LogP contribution in [0.3, 0.4) is 0 Å². The van der Waals surface area contributed by atoms with E-state index in [1.54, 1.807) is 0 Å². The molecule has 0 radical (unpaired) electrons. The molecule has 3 nitrogen and oxygen atoms in total. The Hall–Kier alpha value is -1.06. The smallest absolute Gasteiger partial charge is 0.119 e. The Kier molecular flexibility index (Phi) is 6.76. The third-order valence-electron chi connectivity index (χ3n) is 2.76. The topological polar surface area (TPSA) is 38.5 Å².